The van der Waals surface area contributed by atoms with Gasteiger partial charge in [0.25, 0.3) is 5.91 Å². The fourth-order valence-electron chi connectivity index (χ4n) is 2.64. The Hall–Kier alpha value is -2.45. The Morgan fingerprint density at radius 3 is 2.60 bits per heavy atom. The number of rotatable bonds is 5. The smallest absolute Gasteiger partial charge is 0.496 e. The van der Waals surface area contributed by atoms with E-state index in [1.54, 1.807) is 11.9 Å². The average Bonchev–Trinajstić information content (AvgIpc) is 2.79. The molecule has 1 aromatic rings. The van der Waals surface area contributed by atoms with Gasteiger partial charge in [-0.1, -0.05) is 0 Å². The van der Waals surface area contributed by atoms with Crippen molar-refractivity contribution >= 4 is 11.8 Å². The predicted molar refractivity (Wildman–Crippen MR) is 82.4 cm³/mol. The summed E-state index contributed by atoms with van der Waals surface area (Å²) >= 11 is 0. The van der Waals surface area contributed by atoms with E-state index in [0.29, 0.717) is 12.8 Å². The molecule has 0 radical (unpaired) electrons. The molecule has 2 rings (SSSR count). The van der Waals surface area contributed by atoms with Crippen molar-refractivity contribution in [3.63, 3.8) is 0 Å². The summed E-state index contributed by atoms with van der Waals surface area (Å²) < 4.78 is 45.6. The average molecular weight is 360 g/mol. The summed E-state index contributed by atoms with van der Waals surface area (Å²) in [5.41, 5.74) is -0.424. The second-order valence-corrected chi connectivity index (χ2v) is 6.04. The van der Waals surface area contributed by atoms with E-state index < -0.39 is 23.6 Å². The fourth-order valence-corrected chi connectivity index (χ4v) is 2.64. The van der Waals surface area contributed by atoms with Crippen LogP contribution in [0.15, 0.2) is 18.2 Å². The zero-order valence-electron chi connectivity index (χ0n) is 14.1. The van der Waals surface area contributed by atoms with Gasteiger partial charge in [0.2, 0.25) is 5.91 Å². The van der Waals surface area contributed by atoms with Crippen LogP contribution in [0.3, 0.4) is 0 Å². The van der Waals surface area contributed by atoms with E-state index in [-0.39, 0.29) is 23.8 Å². The molecule has 1 aliphatic heterocycles. The van der Waals surface area contributed by atoms with Crippen molar-refractivity contribution in [1.82, 2.24) is 10.2 Å². The van der Waals surface area contributed by atoms with Gasteiger partial charge in [0.1, 0.15) is 11.5 Å². The first-order valence-electron chi connectivity index (χ1n) is 7.54. The van der Waals surface area contributed by atoms with Gasteiger partial charge < -0.3 is 19.7 Å². The van der Waals surface area contributed by atoms with Gasteiger partial charge in [0, 0.05) is 26.1 Å². The van der Waals surface area contributed by atoms with Gasteiger partial charge in [0.15, 0.2) is 0 Å². The highest BCUT2D eigenvalue weighted by Crippen LogP contribution is 2.30. The van der Waals surface area contributed by atoms with Crippen LogP contribution >= 0.6 is 0 Å². The highest BCUT2D eigenvalue weighted by Gasteiger charge is 2.39. The zero-order chi connectivity index (χ0) is 18.8. The lowest BCUT2D eigenvalue weighted by molar-refractivity contribution is -0.274. The molecule has 6 nitrogen and oxygen atoms in total. The summed E-state index contributed by atoms with van der Waals surface area (Å²) in [5, 5.41) is 2.70. The Kier molecular flexibility index (Phi) is 5.15. The molecule has 0 aromatic heterocycles. The topological polar surface area (TPSA) is 67.9 Å². The van der Waals surface area contributed by atoms with Crippen LogP contribution in [0.25, 0.3) is 0 Å². The normalized spacial score (nSPS) is 20.6. The lowest BCUT2D eigenvalue weighted by atomic mass is 9.99. The van der Waals surface area contributed by atoms with Gasteiger partial charge in [-0.2, -0.15) is 0 Å². The molecule has 1 N–H and O–H groups in total. The van der Waals surface area contributed by atoms with Gasteiger partial charge in [-0.15, -0.1) is 13.2 Å². The van der Waals surface area contributed by atoms with Crippen molar-refractivity contribution in [2.45, 2.75) is 31.7 Å². The lowest BCUT2D eigenvalue weighted by Gasteiger charge is -2.32. The number of methoxy groups -OCH3 is 1. The molecule has 0 spiro atoms. The molecular weight excluding hydrogens is 341 g/mol. The van der Waals surface area contributed by atoms with E-state index in [1.807, 2.05) is 6.92 Å². The van der Waals surface area contributed by atoms with Crippen molar-refractivity contribution in [2.24, 2.45) is 0 Å². The lowest BCUT2D eigenvalue weighted by Crippen LogP contribution is -2.49. The van der Waals surface area contributed by atoms with Gasteiger partial charge >= 0.3 is 6.36 Å². The summed E-state index contributed by atoms with van der Waals surface area (Å²) in [5.74, 6) is -1.03. The van der Waals surface area contributed by atoms with Crippen LogP contribution in [-0.2, 0) is 4.79 Å². The number of halogens is 3. The highest BCUT2D eigenvalue weighted by atomic mass is 19.4. The first-order valence-corrected chi connectivity index (χ1v) is 7.54. The van der Waals surface area contributed by atoms with Crippen LogP contribution < -0.4 is 14.8 Å². The SMILES string of the molecule is COc1cc(OC(F)(F)F)ccc1C(=O)NCC1(C)CCC(=O)N1C. The molecule has 1 unspecified atom stereocenters. The number of likely N-dealkylation sites (N-methyl/N-ethyl adjacent to an activating group) is 1. The number of hydrogen-bond donors (Lipinski definition) is 1. The third kappa shape index (κ3) is 4.34. The Bertz CT molecular complexity index is 678. The molecule has 0 saturated carbocycles. The summed E-state index contributed by atoms with van der Waals surface area (Å²) in [6, 6.07) is 3.23. The molecule has 1 heterocycles. The second-order valence-electron chi connectivity index (χ2n) is 6.04. The first-order chi connectivity index (χ1) is 11.6. The molecule has 0 aliphatic carbocycles. The van der Waals surface area contributed by atoms with E-state index >= 15 is 0 Å². The number of amides is 2. The number of nitrogens with zero attached hydrogens (tertiary/aromatic N) is 1. The molecule has 0 bridgehead atoms. The Balaban J connectivity index is 2.10. The minimum atomic E-state index is -4.83. The maximum Gasteiger partial charge on any atom is 0.573 e. The van der Waals surface area contributed by atoms with Crippen LogP contribution in [0.2, 0.25) is 0 Å². The Morgan fingerprint density at radius 1 is 1.40 bits per heavy atom. The third-order valence-corrected chi connectivity index (χ3v) is 4.34. The summed E-state index contributed by atoms with van der Waals surface area (Å²) in [7, 11) is 2.92. The van der Waals surface area contributed by atoms with E-state index in [4.69, 9.17) is 4.74 Å². The summed E-state index contributed by atoms with van der Waals surface area (Å²) in [6.07, 6.45) is -3.81. The molecule has 9 heteroatoms. The van der Waals surface area contributed by atoms with Crippen molar-refractivity contribution in [3.05, 3.63) is 23.8 Å². The quantitative estimate of drug-likeness (QED) is 0.875. The van der Waals surface area contributed by atoms with E-state index in [0.717, 1.165) is 12.1 Å². The van der Waals surface area contributed by atoms with Gasteiger partial charge in [-0.3, -0.25) is 9.59 Å². The number of likely N-dealkylation sites (tertiary alicyclic amines) is 1. The van der Waals surface area contributed by atoms with E-state index in [9.17, 15) is 22.8 Å². The van der Waals surface area contributed by atoms with Crippen LogP contribution in [0.5, 0.6) is 11.5 Å². The second kappa shape index (κ2) is 6.81. The Morgan fingerprint density at radius 2 is 2.08 bits per heavy atom. The maximum atomic E-state index is 12.4. The van der Waals surface area contributed by atoms with Crippen molar-refractivity contribution in [3.8, 4) is 11.5 Å². The summed E-state index contributed by atoms with van der Waals surface area (Å²) in [6.45, 7) is 2.08. The molecular formula is C16H19F3N2O4. The molecule has 1 saturated heterocycles. The largest absolute Gasteiger partial charge is 0.573 e. The number of carbonyl (C=O) groups excluding carboxylic acids is 2. The van der Waals surface area contributed by atoms with Gasteiger partial charge in [0.05, 0.1) is 18.2 Å². The molecule has 2 amide bonds. The van der Waals surface area contributed by atoms with Crippen molar-refractivity contribution in [1.29, 1.82) is 0 Å². The molecule has 138 valence electrons. The predicted octanol–water partition coefficient (Wildman–Crippen LogP) is 2.33. The fraction of sp³-hybridized carbons (Fsp3) is 0.500. The molecule has 1 fully saturated rings. The minimum absolute atomic E-state index is 0.00276. The number of nitrogens with one attached hydrogen (secondary N) is 1. The van der Waals surface area contributed by atoms with Crippen LogP contribution in [-0.4, -0.2) is 49.3 Å². The highest BCUT2D eigenvalue weighted by molar-refractivity contribution is 5.97. The number of carbonyl (C=O) groups is 2. The Labute approximate surface area is 142 Å². The number of benzene rings is 1. The maximum absolute atomic E-state index is 12.4. The van der Waals surface area contributed by atoms with Gasteiger partial charge in [-0.25, -0.2) is 0 Å². The van der Waals surface area contributed by atoms with Crippen molar-refractivity contribution in [2.75, 3.05) is 20.7 Å². The standard InChI is InChI=1S/C16H19F3N2O4/c1-15(7-6-13(22)21(15)2)9-20-14(23)11-5-4-10(8-12(11)24-3)25-16(17,18)19/h4-5,8H,6-7,9H2,1-3H3,(H,20,23). The monoisotopic (exact) mass is 360 g/mol. The van der Waals surface area contributed by atoms with Crippen LogP contribution in [0.1, 0.15) is 30.1 Å². The van der Waals surface area contributed by atoms with Crippen LogP contribution in [0.4, 0.5) is 13.2 Å². The number of hydrogen-bond acceptors (Lipinski definition) is 4. The van der Waals surface area contributed by atoms with Crippen molar-refractivity contribution < 1.29 is 32.2 Å². The van der Waals surface area contributed by atoms with E-state index in [1.165, 1.54) is 13.2 Å². The van der Waals surface area contributed by atoms with E-state index in [2.05, 4.69) is 10.1 Å². The number of alkyl halides is 3. The van der Waals surface area contributed by atoms with Crippen LogP contribution in [0, 0.1) is 0 Å². The molecule has 1 aromatic carbocycles. The van der Waals surface area contributed by atoms with Gasteiger partial charge in [-0.05, 0) is 25.5 Å². The minimum Gasteiger partial charge on any atom is -0.496 e. The number of ether oxygens (including phenoxy) is 2. The molecule has 25 heavy (non-hydrogen) atoms. The third-order valence-electron chi connectivity index (χ3n) is 4.34. The zero-order valence-corrected chi connectivity index (χ0v) is 14.1. The molecule has 1 aliphatic rings. The molecule has 1 atom stereocenters. The summed E-state index contributed by atoms with van der Waals surface area (Å²) in [4.78, 5) is 25.6. The first kappa shape index (κ1) is 18.9.